The van der Waals surface area contributed by atoms with E-state index in [9.17, 15) is 18.0 Å². The number of carbonyl (C=O) groups excluding carboxylic acids is 1. The van der Waals surface area contributed by atoms with Crippen LogP contribution in [0.4, 0.5) is 22.4 Å². The van der Waals surface area contributed by atoms with Crippen LogP contribution in [0.5, 0.6) is 23.1 Å². The second-order valence-corrected chi connectivity index (χ2v) is 8.71. The van der Waals surface area contributed by atoms with Crippen LogP contribution in [0.3, 0.4) is 0 Å². The van der Waals surface area contributed by atoms with Crippen LogP contribution >= 0.6 is 0 Å². The number of rotatable bonds is 9. The van der Waals surface area contributed by atoms with Crippen LogP contribution in [0.1, 0.15) is 5.56 Å². The summed E-state index contributed by atoms with van der Waals surface area (Å²) in [5, 5.41) is 0. The summed E-state index contributed by atoms with van der Waals surface area (Å²) < 4.78 is 76.8. The van der Waals surface area contributed by atoms with Crippen molar-refractivity contribution < 1.29 is 41.3 Å². The van der Waals surface area contributed by atoms with Gasteiger partial charge in [-0.05, 0) is 23.8 Å². The quantitative estimate of drug-likeness (QED) is 0.222. The van der Waals surface area contributed by atoms with Crippen molar-refractivity contribution >= 4 is 17.1 Å². The number of alkyl halides is 3. The zero-order valence-corrected chi connectivity index (χ0v) is 21.8. The SMILES string of the molecule is COc1cc(OC(N)=O)cnc1-c1cc2ncnc(OCC(F)(F)F)c2n1-c1ccc(OCc2ccccc2)c(F)c1. The van der Waals surface area contributed by atoms with Crippen LogP contribution in [0.2, 0.25) is 0 Å². The molecule has 0 atom stereocenters. The van der Waals surface area contributed by atoms with E-state index in [1.165, 1.54) is 42.1 Å². The number of methoxy groups -OCH3 is 1. The van der Waals surface area contributed by atoms with Gasteiger partial charge in [0.15, 0.2) is 23.9 Å². The fraction of sp³-hybridized carbons (Fsp3) is 0.143. The van der Waals surface area contributed by atoms with Crippen LogP contribution in [0.15, 0.2) is 73.2 Å². The second-order valence-electron chi connectivity index (χ2n) is 8.71. The van der Waals surface area contributed by atoms with Crippen molar-refractivity contribution in [2.75, 3.05) is 13.7 Å². The third-order valence-corrected chi connectivity index (χ3v) is 5.85. The monoisotopic (exact) mass is 583 g/mol. The number of ether oxygens (including phenoxy) is 4. The zero-order valence-electron chi connectivity index (χ0n) is 21.8. The molecular weight excluding hydrogens is 562 g/mol. The largest absolute Gasteiger partial charge is 0.494 e. The summed E-state index contributed by atoms with van der Waals surface area (Å²) >= 11 is 0. The fourth-order valence-corrected chi connectivity index (χ4v) is 4.13. The van der Waals surface area contributed by atoms with Gasteiger partial charge >= 0.3 is 12.3 Å². The molecule has 3 heterocycles. The van der Waals surface area contributed by atoms with Gasteiger partial charge in [0.2, 0.25) is 5.88 Å². The van der Waals surface area contributed by atoms with E-state index in [2.05, 4.69) is 15.0 Å². The molecule has 0 aliphatic rings. The van der Waals surface area contributed by atoms with Crippen molar-refractivity contribution in [2.24, 2.45) is 5.73 Å². The molecule has 3 aromatic heterocycles. The predicted molar refractivity (Wildman–Crippen MR) is 141 cm³/mol. The molecule has 0 bridgehead atoms. The van der Waals surface area contributed by atoms with Crippen LogP contribution < -0.4 is 24.7 Å². The first-order chi connectivity index (χ1) is 20.1. The van der Waals surface area contributed by atoms with Crippen molar-refractivity contribution in [3.05, 3.63) is 84.6 Å². The van der Waals surface area contributed by atoms with Crippen molar-refractivity contribution in [1.29, 1.82) is 0 Å². The molecule has 14 heteroatoms. The van der Waals surface area contributed by atoms with Crippen LogP contribution in [0.25, 0.3) is 28.1 Å². The van der Waals surface area contributed by atoms with Crippen LogP contribution in [0, 0.1) is 5.82 Å². The Hall–Kier alpha value is -5.40. The molecule has 2 N–H and O–H groups in total. The lowest BCUT2D eigenvalue weighted by atomic mass is 10.2. The van der Waals surface area contributed by atoms with Gasteiger partial charge in [-0.25, -0.2) is 19.2 Å². The highest BCUT2D eigenvalue weighted by Gasteiger charge is 2.30. The summed E-state index contributed by atoms with van der Waals surface area (Å²) in [5.74, 6) is -1.11. The Balaban J connectivity index is 1.64. The molecule has 0 spiro atoms. The van der Waals surface area contributed by atoms with Gasteiger partial charge in [-0.1, -0.05) is 30.3 Å². The van der Waals surface area contributed by atoms with Gasteiger partial charge < -0.3 is 29.2 Å². The summed E-state index contributed by atoms with van der Waals surface area (Å²) in [6.07, 6.45) is -3.49. The van der Waals surface area contributed by atoms with Gasteiger partial charge in [-0.15, -0.1) is 0 Å². The van der Waals surface area contributed by atoms with E-state index < -0.39 is 30.6 Å². The molecule has 0 radical (unpaired) electrons. The number of nitrogens with zero attached hydrogens (tertiary/aromatic N) is 4. The van der Waals surface area contributed by atoms with Crippen molar-refractivity contribution in [2.45, 2.75) is 12.8 Å². The predicted octanol–water partition coefficient (Wildman–Crippen LogP) is 5.61. The maximum Gasteiger partial charge on any atom is 0.422 e. The van der Waals surface area contributed by atoms with E-state index in [-0.39, 0.29) is 52.0 Å². The lowest BCUT2D eigenvalue weighted by Crippen LogP contribution is -2.20. The van der Waals surface area contributed by atoms with Crippen molar-refractivity contribution in [1.82, 2.24) is 19.5 Å². The third-order valence-electron chi connectivity index (χ3n) is 5.85. The van der Waals surface area contributed by atoms with Crippen molar-refractivity contribution in [3.63, 3.8) is 0 Å². The Morgan fingerprint density at radius 3 is 2.45 bits per heavy atom. The number of primary amides is 1. The lowest BCUT2D eigenvalue weighted by molar-refractivity contribution is -0.153. The number of benzene rings is 2. The number of amides is 1. The second kappa shape index (κ2) is 11.6. The molecule has 0 saturated heterocycles. The van der Waals surface area contributed by atoms with Crippen LogP contribution in [-0.4, -0.2) is 45.5 Å². The number of halogens is 4. The molecule has 2 aromatic carbocycles. The van der Waals surface area contributed by atoms with Gasteiger partial charge in [-0.3, -0.25) is 0 Å². The van der Waals surface area contributed by atoms with Gasteiger partial charge in [0.25, 0.3) is 0 Å². The summed E-state index contributed by atoms with van der Waals surface area (Å²) in [4.78, 5) is 23.6. The Kier molecular flexibility index (Phi) is 7.78. The molecule has 0 fully saturated rings. The van der Waals surface area contributed by atoms with E-state index >= 15 is 4.39 Å². The molecule has 5 aromatic rings. The van der Waals surface area contributed by atoms with Crippen molar-refractivity contribution in [3.8, 4) is 40.2 Å². The molecule has 0 unspecified atom stereocenters. The summed E-state index contributed by atoms with van der Waals surface area (Å²) in [5.41, 5.74) is 6.63. The molecule has 10 nitrogen and oxygen atoms in total. The summed E-state index contributed by atoms with van der Waals surface area (Å²) in [6.45, 7) is -1.51. The number of pyridine rings is 1. The highest BCUT2D eigenvalue weighted by Crippen LogP contribution is 2.39. The Morgan fingerprint density at radius 2 is 1.76 bits per heavy atom. The first-order valence-electron chi connectivity index (χ1n) is 12.2. The van der Waals surface area contributed by atoms with E-state index in [0.717, 1.165) is 18.0 Å². The standard InChI is InChI=1S/C28H21F4N5O5/c1-39-23-10-18(42-27(33)38)12-34-24(23)21-11-20-25(26(36-15-35-20)41-14-28(30,31)32)37(21)17-7-8-22(19(29)9-17)40-13-16-5-3-2-4-6-16/h2-12,15H,13-14H2,1H3,(H2,33,38). The van der Waals surface area contributed by atoms with Crippen LogP contribution in [-0.2, 0) is 6.61 Å². The summed E-state index contributed by atoms with van der Waals surface area (Å²) in [7, 11) is 1.33. The average Bonchev–Trinajstić information content (AvgIpc) is 3.35. The first-order valence-corrected chi connectivity index (χ1v) is 12.2. The average molecular weight is 583 g/mol. The number of aromatic nitrogens is 4. The Labute approximate surface area is 235 Å². The Morgan fingerprint density at radius 1 is 0.976 bits per heavy atom. The maximum atomic E-state index is 15.4. The molecule has 42 heavy (non-hydrogen) atoms. The lowest BCUT2D eigenvalue weighted by Gasteiger charge is -2.16. The normalized spacial score (nSPS) is 11.4. The van der Waals surface area contributed by atoms with Gasteiger partial charge in [0, 0.05) is 17.8 Å². The first kappa shape index (κ1) is 28.1. The van der Waals surface area contributed by atoms with Gasteiger partial charge in [0.1, 0.15) is 29.9 Å². The smallest absolute Gasteiger partial charge is 0.422 e. The molecular formula is C28H21F4N5O5. The highest BCUT2D eigenvalue weighted by molar-refractivity contribution is 5.90. The number of fused-ring (bicyclic) bond motifs is 1. The molecule has 0 aliphatic heterocycles. The van der Waals surface area contributed by atoms with Gasteiger partial charge in [-0.2, -0.15) is 18.2 Å². The molecule has 0 saturated carbocycles. The van der Waals surface area contributed by atoms with E-state index in [0.29, 0.717) is 0 Å². The molecule has 0 aliphatic carbocycles. The minimum atomic E-state index is -4.65. The maximum absolute atomic E-state index is 15.4. The highest BCUT2D eigenvalue weighted by atomic mass is 19.4. The van der Waals surface area contributed by atoms with E-state index in [4.69, 9.17) is 24.7 Å². The van der Waals surface area contributed by atoms with E-state index in [1.54, 1.807) is 0 Å². The molecule has 5 rings (SSSR count). The Bertz CT molecular complexity index is 1740. The van der Waals surface area contributed by atoms with E-state index in [1.807, 2.05) is 30.3 Å². The fourth-order valence-electron chi connectivity index (χ4n) is 4.13. The molecule has 1 amide bonds. The zero-order chi connectivity index (χ0) is 29.9. The number of hydrogen-bond acceptors (Lipinski definition) is 8. The minimum Gasteiger partial charge on any atom is -0.494 e. The van der Waals surface area contributed by atoms with Gasteiger partial charge in [0.05, 0.1) is 24.5 Å². The number of nitrogens with two attached hydrogens (primary N) is 1. The minimum absolute atomic E-state index is 0.00965. The number of carbonyl (C=O) groups is 1. The molecule has 216 valence electrons. The topological polar surface area (TPSA) is 124 Å². The summed E-state index contributed by atoms with van der Waals surface area (Å²) in [6, 6.07) is 16.0. The third kappa shape index (κ3) is 6.16. The number of hydrogen-bond donors (Lipinski definition) is 1.